The lowest BCUT2D eigenvalue weighted by Gasteiger charge is -2.57. The molecule has 1 fully saturated rings. The van der Waals surface area contributed by atoms with Crippen LogP contribution >= 0.6 is 0 Å². The Morgan fingerprint density at radius 1 is 0.743 bits per heavy atom. The van der Waals surface area contributed by atoms with Crippen LogP contribution in [0.3, 0.4) is 0 Å². The largest absolute Gasteiger partial charge is 0.459 e. The molecule has 5 nitrogen and oxygen atoms in total. The van der Waals surface area contributed by atoms with E-state index in [0.717, 1.165) is 22.3 Å². The number of esters is 1. The molecule has 3 aromatic carbocycles. The number of para-hydroxylation sites is 1. The van der Waals surface area contributed by atoms with Crippen LogP contribution in [0.15, 0.2) is 72.8 Å². The molecule has 0 radical (unpaired) electrons. The molecule has 0 unspecified atom stereocenters. The summed E-state index contributed by atoms with van der Waals surface area (Å²) < 4.78 is 5.43. The van der Waals surface area contributed by atoms with Crippen molar-refractivity contribution in [1.82, 2.24) is 0 Å². The van der Waals surface area contributed by atoms with Gasteiger partial charge in [-0.2, -0.15) is 0 Å². The first-order chi connectivity index (χ1) is 16.7. The Kier molecular flexibility index (Phi) is 4.44. The van der Waals surface area contributed by atoms with Gasteiger partial charge in [0, 0.05) is 10.8 Å². The highest BCUT2D eigenvalue weighted by atomic mass is 16.5. The number of benzene rings is 3. The van der Waals surface area contributed by atoms with E-state index >= 15 is 0 Å². The van der Waals surface area contributed by atoms with Gasteiger partial charge in [0.2, 0.25) is 11.8 Å². The van der Waals surface area contributed by atoms with Gasteiger partial charge in [-0.3, -0.25) is 9.59 Å². The Balaban J connectivity index is 1.58. The summed E-state index contributed by atoms with van der Waals surface area (Å²) in [6.07, 6.45) is -0.319. The summed E-state index contributed by atoms with van der Waals surface area (Å²) in [5, 5.41) is 0. The maximum atomic E-state index is 14.3. The zero-order valence-electron chi connectivity index (χ0n) is 20.2. The number of anilines is 1. The minimum atomic E-state index is -0.662. The van der Waals surface area contributed by atoms with E-state index in [2.05, 4.69) is 38.1 Å². The van der Waals surface area contributed by atoms with Gasteiger partial charge < -0.3 is 4.74 Å². The van der Waals surface area contributed by atoms with E-state index in [4.69, 9.17) is 4.74 Å². The molecule has 176 valence electrons. The number of imide groups is 1. The van der Waals surface area contributed by atoms with Crippen LogP contribution < -0.4 is 4.90 Å². The monoisotopic (exact) mass is 465 g/mol. The predicted molar refractivity (Wildman–Crippen MR) is 132 cm³/mol. The van der Waals surface area contributed by atoms with Crippen LogP contribution in [0.2, 0.25) is 0 Å². The summed E-state index contributed by atoms with van der Waals surface area (Å²) in [6, 6.07) is 23.1. The number of rotatable bonds is 3. The first-order valence-corrected chi connectivity index (χ1v) is 12.1. The summed E-state index contributed by atoms with van der Waals surface area (Å²) in [6.45, 7) is 7.73. The number of nitrogens with zero attached hydrogens (tertiary/aromatic N) is 1. The van der Waals surface area contributed by atoms with Crippen molar-refractivity contribution in [2.24, 2.45) is 11.8 Å². The third-order valence-corrected chi connectivity index (χ3v) is 8.35. The van der Waals surface area contributed by atoms with Gasteiger partial charge in [0.05, 0.1) is 29.2 Å². The Bertz CT molecular complexity index is 1300. The lowest BCUT2D eigenvalue weighted by molar-refractivity contribution is -0.124. The van der Waals surface area contributed by atoms with E-state index < -0.39 is 28.6 Å². The number of hydrogen-bond acceptors (Lipinski definition) is 4. The second-order valence-corrected chi connectivity index (χ2v) is 10.4. The highest BCUT2D eigenvalue weighted by Crippen LogP contribution is 2.66. The van der Waals surface area contributed by atoms with Crippen molar-refractivity contribution in [3.63, 3.8) is 0 Å². The highest BCUT2D eigenvalue weighted by molar-refractivity contribution is 6.25. The van der Waals surface area contributed by atoms with Crippen molar-refractivity contribution in [3.8, 4) is 0 Å². The standard InChI is InChI=1S/C30H27NO4/c1-17(2)35-28(34)18-11-5-10-16-23(18)31-26(32)24-25(27(31)33)30(4)21-14-8-6-12-19(21)29(24,3)20-13-7-9-15-22(20)30/h5-17,24-25H,1-4H3/t24-,25+,29?,30?. The fraction of sp³-hybridized carbons (Fsp3) is 0.300. The summed E-state index contributed by atoms with van der Waals surface area (Å²) in [7, 11) is 0. The van der Waals surface area contributed by atoms with Crippen molar-refractivity contribution >= 4 is 23.5 Å². The third-order valence-electron chi connectivity index (χ3n) is 8.35. The van der Waals surface area contributed by atoms with Gasteiger partial charge in [-0.15, -0.1) is 0 Å². The van der Waals surface area contributed by atoms with Crippen LogP contribution in [0, 0.1) is 11.8 Å². The third kappa shape index (κ3) is 2.56. The highest BCUT2D eigenvalue weighted by Gasteiger charge is 2.70. The fourth-order valence-electron chi connectivity index (χ4n) is 6.93. The van der Waals surface area contributed by atoms with Gasteiger partial charge in [-0.25, -0.2) is 9.69 Å². The molecule has 2 atom stereocenters. The van der Waals surface area contributed by atoms with Crippen molar-refractivity contribution in [1.29, 1.82) is 0 Å². The first kappa shape index (κ1) is 21.8. The van der Waals surface area contributed by atoms with E-state index in [1.54, 1.807) is 38.1 Å². The van der Waals surface area contributed by atoms with Gasteiger partial charge >= 0.3 is 5.97 Å². The van der Waals surface area contributed by atoms with Crippen LogP contribution in [0.4, 0.5) is 5.69 Å². The van der Waals surface area contributed by atoms with Gasteiger partial charge in [0.1, 0.15) is 0 Å². The Morgan fingerprint density at radius 2 is 1.14 bits per heavy atom. The van der Waals surface area contributed by atoms with E-state index in [1.165, 1.54) is 4.90 Å². The molecular formula is C30H27NO4. The lowest BCUT2D eigenvalue weighted by atomic mass is 9.42. The molecule has 0 spiro atoms. The van der Waals surface area contributed by atoms with Crippen molar-refractivity contribution in [2.75, 3.05) is 4.90 Å². The zero-order valence-corrected chi connectivity index (χ0v) is 20.2. The molecule has 3 aliphatic carbocycles. The quantitative estimate of drug-likeness (QED) is 0.404. The maximum absolute atomic E-state index is 14.3. The molecule has 1 heterocycles. The molecule has 0 N–H and O–H groups in total. The van der Waals surface area contributed by atoms with Crippen LogP contribution in [0.25, 0.3) is 0 Å². The first-order valence-electron chi connectivity index (χ1n) is 12.1. The van der Waals surface area contributed by atoms with E-state index in [0.29, 0.717) is 5.69 Å². The predicted octanol–water partition coefficient (Wildman–Crippen LogP) is 5.00. The van der Waals surface area contributed by atoms with Gasteiger partial charge in [-0.1, -0.05) is 74.5 Å². The zero-order chi connectivity index (χ0) is 24.7. The second-order valence-electron chi connectivity index (χ2n) is 10.4. The number of hydrogen-bond donors (Lipinski definition) is 0. The summed E-state index contributed by atoms with van der Waals surface area (Å²) in [5.41, 5.74) is 3.57. The smallest absolute Gasteiger partial charge is 0.340 e. The Morgan fingerprint density at radius 3 is 1.57 bits per heavy atom. The molecular weight excluding hydrogens is 438 g/mol. The van der Waals surface area contributed by atoms with Gasteiger partial charge in [0.25, 0.3) is 0 Å². The minimum Gasteiger partial charge on any atom is -0.459 e. The van der Waals surface area contributed by atoms with Crippen LogP contribution in [-0.2, 0) is 25.2 Å². The Hall–Kier alpha value is -3.73. The summed E-state index contributed by atoms with van der Waals surface area (Å²) in [4.78, 5) is 42.7. The molecule has 7 rings (SSSR count). The molecule has 35 heavy (non-hydrogen) atoms. The van der Waals surface area contributed by atoms with Crippen molar-refractivity contribution in [3.05, 3.63) is 101 Å². The molecule has 5 heteroatoms. The average Bonchev–Trinajstić information content (AvgIpc) is 3.13. The second kappa shape index (κ2) is 7.14. The fourth-order valence-corrected chi connectivity index (χ4v) is 6.93. The van der Waals surface area contributed by atoms with Crippen LogP contribution in [0.5, 0.6) is 0 Å². The van der Waals surface area contributed by atoms with Crippen LogP contribution in [-0.4, -0.2) is 23.9 Å². The molecule has 1 saturated heterocycles. The number of carbonyl (C=O) groups excluding carboxylic acids is 3. The van der Waals surface area contributed by atoms with Crippen LogP contribution in [0.1, 0.15) is 60.3 Å². The molecule has 1 aliphatic heterocycles. The number of amides is 2. The molecule has 2 bridgehead atoms. The molecule has 0 aromatic heterocycles. The molecule has 3 aromatic rings. The van der Waals surface area contributed by atoms with Gasteiger partial charge in [0.15, 0.2) is 0 Å². The molecule has 4 aliphatic rings. The number of ether oxygens (including phenoxy) is 1. The SMILES string of the molecule is CC(C)OC(=O)c1ccccc1N1C(=O)[C@@H]2[C@H](C1=O)C1(C)c3ccccc3C2(C)c2ccccc21. The van der Waals surface area contributed by atoms with Gasteiger partial charge in [-0.05, 0) is 48.2 Å². The molecule has 0 saturated carbocycles. The molecule has 2 amide bonds. The van der Waals surface area contributed by atoms with Crippen molar-refractivity contribution in [2.45, 2.75) is 44.6 Å². The maximum Gasteiger partial charge on any atom is 0.340 e. The lowest BCUT2D eigenvalue weighted by Crippen LogP contribution is -2.59. The average molecular weight is 466 g/mol. The van der Waals surface area contributed by atoms with E-state index in [-0.39, 0.29) is 23.5 Å². The van der Waals surface area contributed by atoms with E-state index in [1.807, 2.05) is 24.3 Å². The normalized spacial score (nSPS) is 28.1. The minimum absolute atomic E-state index is 0.222. The summed E-state index contributed by atoms with van der Waals surface area (Å²) in [5.74, 6) is -2.21. The topological polar surface area (TPSA) is 63.7 Å². The summed E-state index contributed by atoms with van der Waals surface area (Å²) >= 11 is 0. The Labute approximate surface area is 204 Å². The van der Waals surface area contributed by atoms with Crippen molar-refractivity contribution < 1.29 is 19.1 Å². The number of carbonyl (C=O) groups is 3. The van der Waals surface area contributed by atoms with E-state index in [9.17, 15) is 14.4 Å².